The highest BCUT2D eigenvalue weighted by molar-refractivity contribution is 5.67. The van der Waals surface area contributed by atoms with E-state index in [1.165, 1.54) is 5.56 Å². The Morgan fingerprint density at radius 1 is 1.31 bits per heavy atom. The number of aliphatic hydroxyl groups excluding tert-OH is 1. The van der Waals surface area contributed by atoms with Gasteiger partial charge in [0.05, 0.1) is 6.61 Å². The van der Waals surface area contributed by atoms with Crippen molar-refractivity contribution in [2.45, 2.75) is 12.8 Å². The minimum absolute atomic E-state index is 0.0390. The second-order valence-electron chi connectivity index (χ2n) is 3.38. The van der Waals surface area contributed by atoms with Crippen molar-refractivity contribution in [3.8, 4) is 0 Å². The van der Waals surface area contributed by atoms with E-state index in [-0.39, 0.29) is 13.2 Å². The van der Waals surface area contributed by atoms with E-state index < -0.39 is 6.09 Å². The smallest absolute Gasteiger partial charge is 0.407 e. The molecule has 0 atom stereocenters. The van der Waals surface area contributed by atoms with Gasteiger partial charge in [0, 0.05) is 19.6 Å². The van der Waals surface area contributed by atoms with Crippen LogP contribution in [0.25, 0.3) is 0 Å². The van der Waals surface area contributed by atoms with Crippen molar-refractivity contribution < 1.29 is 14.6 Å². The molecule has 1 rings (SSSR count). The number of nitrogens with one attached hydrogen (secondary N) is 1. The number of alkyl carbamates (subject to hydrolysis) is 1. The molecule has 0 saturated carbocycles. The summed E-state index contributed by atoms with van der Waals surface area (Å²) in [6.07, 6.45) is 0.839. The summed E-state index contributed by atoms with van der Waals surface area (Å²) in [4.78, 5) is 11.1. The summed E-state index contributed by atoms with van der Waals surface area (Å²) in [7, 11) is 0. The van der Waals surface area contributed by atoms with Crippen LogP contribution >= 0.6 is 0 Å². The third-order valence-electron chi connectivity index (χ3n) is 2.06. The van der Waals surface area contributed by atoms with Gasteiger partial charge in [-0.2, -0.15) is 0 Å². The van der Waals surface area contributed by atoms with E-state index in [9.17, 15) is 4.79 Å². The maximum absolute atomic E-state index is 11.1. The van der Waals surface area contributed by atoms with Crippen molar-refractivity contribution >= 4 is 6.09 Å². The van der Waals surface area contributed by atoms with Crippen LogP contribution in [0.3, 0.4) is 0 Å². The predicted molar refractivity (Wildman–Crippen MR) is 61.2 cm³/mol. The van der Waals surface area contributed by atoms with Gasteiger partial charge in [0.25, 0.3) is 0 Å². The molecule has 0 bridgehead atoms. The van der Waals surface area contributed by atoms with E-state index in [0.29, 0.717) is 13.0 Å². The van der Waals surface area contributed by atoms with Crippen LogP contribution in [0.2, 0.25) is 0 Å². The lowest BCUT2D eigenvalue weighted by Gasteiger charge is -2.06. The Bertz CT molecular complexity index is 300. The molecule has 0 unspecified atom stereocenters. The van der Waals surface area contributed by atoms with Gasteiger partial charge in [0.2, 0.25) is 0 Å². The Morgan fingerprint density at radius 3 is 2.75 bits per heavy atom. The van der Waals surface area contributed by atoms with Crippen LogP contribution in [0.1, 0.15) is 12.0 Å². The summed E-state index contributed by atoms with van der Waals surface area (Å²) >= 11 is 0. The quantitative estimate of drug-likeness (QED) is 0.715. The van der Waals surface area contributed by atoms with Gasteiger partial charge < -0.3 is 15.2 Å². The van der Waals surface area contributed by atoms with Gasteiger partial charge in [-0.3, -0.25) is 0 Å². The summed E-state index contributed by atoms with van der Waals surface area (Å²) in [6, 6.07) is 9.92. The molecule has 4 heteroatoms. The van der Waals surface area contributed by atoms with Crippen molar-refractivity contribution in [2.75, 3.05) is 19.8 Å². The predicted octanol–water partition coefficient (Wildman–Crippen LogP) is 1.34. The summed E-state index contributed by atoms with van der Waals surface area (Å²) in [6.45, 7) is 0.854. The summed E-state index contributed by atoms with van der Waals surface area (Å²) in [5, 5.41) is 11.1. The Kier molecular flexibility index (Phi) is 6.03. The van der Waals surface area contributed by atoms with Crippen molar-refractivity contribution in [3.63, 3.8) is 0 Å². The van der Waals surface area contributed by atoms with Gasteiger partial charge in [-0.05, 0) is 12.0 Å². The van der Waals surface area contributed by atoms with E-state index in [1.54, 1.807) is 0 Å². The molecule has 16 heavy (non-hydrogen) atoms. The molecule has 0 radical (unpaired) electrons. The fraction of sp³-hybridized carbons (Fsp3) is 0.417. The van der Waals surface area contributed by atoms with Gasteiger partial charge in [0.1, 0.15) is 0 Å². The van der Waals surface area contributed by atoms with Crippen LogP contribution in [-0.2, 0) is 11.2 Å². The van der Waals surface area contributed by atoms with E-state index in [1.807, 2.05) is 30.3 Å². The third kappa shape index (κ3) is 5.36. The first-order valence-electron chi connectivity index (χ1n) is 5.38. The molecule has 4 nitrogen and oxygen atoms in total. The monoisotopic (exact) mass is 223 g/mol. The molecule has 2 N–H and O–H groups in total. The Morgan fingerprint density at radius 2 is 2.06 bits per heavy atom. The lowest BCUT2D eigenvalue weighted by molar-refractivity contribution is 0.135. The van der Waals surface area contributed by atoms with Crippen molar-refractivity contribution in [1.82, 2.24) is 5.32 Å². The molecule has 88 valence electrons. The molecule has 1 aromatic rings. The molecule has 0 heterocycles. The lowest BCUT2D eigenvalue weighted by Crippen LogP contribution is -2.26. The van der Waals surface area contributed by atoms with E-state index >= 15 is 0 Å². The number of hydrogen-bond donors (Lipinski definition) is 2. The van der Waals surface area contributed by atoms with Gasteiger partial charge in [-0.15, -0.1) is 0 Å². The van der Waals surface area contributed by atoms with Crippen molar-refractivity contribution in [1.29, 1.82) is 0 Å². The van der Waals surface area contributed by atoms with E-state index in [4.69, 9.17) is 9.84 Å². The van der Waals surface area contributed by atoms with E-state index in [2.05, 4.69) is 5.32 Å². The minimum Gasteiger partial charge on any atom is -0.449 e. The molecule has 0 aliphatic rings. The topological polar surface area (TPSA) is 58.6 Å². The van der Waals surface area contributed by atoms with Crippen LogP contribution in [0.15, 0.2) is 30.3 Å². The fourth-order valence-electron chi connectivity index (χ4n) is 1.23. The maximum Gasteiger partial charge on any atom is 0.407 e. The highest BCUT2D eigenvalue weighted by Gasteiger charge is 2.00. The van der Waals surface area contributed by atoms with Crippen molar-refractivity contribution in [3.05, 3.63) is 35.9 Å². The average Bonchev–Trinajstić information content (AvgIpc) is 2.31. The third-order valence-corrected chi connectivity index (χ3v) is 2.06. The summed E-state index contributed by atoms with van der Waals surface area (Å²) in [5.41, 5.74) is 1.18. The van der Waals surface area contributed by atoms with Gasteiger partial charge in [-0.1, -0.05) is 30.3 Å². The zero-order chi connectivity index (χ0) is 11.6. The average molecular weight is 223 g/mol. The molecular weight excluding hydrogens is 206 g/mol. The van der Waals surface area contributed by atoms with Crippen LogP contribution in [0.4, 0.5) is 4.79 Å². The van der Waals surface area contributed by atoms with Gasteiger partial charge in [-0.25, -0.2) is 4.79 Å². The standard InChI is InChI=1S/C12H17NO3/c14-9-4-10-16-12(15)13-8-7-11-5-2-1-3-6-11/h1-3,5-6,14H,4,7-10H2,(H,13,15). The second kappa shape index (κ2) is 7.70. The van der Waals surface area contributed by atoms with Gasteiger partial charge >= 0.3 is 6.09 Å². The summed E-state index contributed by atoms with van der Waals surface area (Å²) < 4.78 is 4.81. The lowest BCUT2D eigenvalue weighted by atomic mass is 10.1. The number of ether oxygens (including phenoxy) is 1. The number of rotatable bonds is 6. The zero-order valence-corrected chi connectivity index (χ0v) is 9.19. The first kappa shape index (κ1) is 12.5. The molecule has 1 aromatic carbocycles. The molecule has 1 amide bonds. The minimum atomic E-state index is -0.426. The summed E-state index contributed by atoms with van der Waals surface area (Å²) in [5.74, 6) is 0. The Balaban J connectivity index is 2.09. The molecule has 0 aliphatic carbocycles. The largest absolute Gasteiger partial charge is 0.449 e. The SMILES string of the molecule is O=C(NCCc1ccccc1)OCCCO. The first-order chi connectivity index (χ1) is 7.83. The number of hydrogen-bond acceptors (Lipinski definition) is 3. The highest BCUT2D eigenvalue weighted by atomic mass is 16.5. The number of amides is 1. The van der Waals surface area contributed by atoms with E-state index in [0.717, 1.165) is 6.42 Å². The van der Waals surface area contributed by atoms with Crippen LogP contribution < -0.4 is 5.32 Å². The normalized spacial score (nSPS) is 9.81. The fourth-order valence-corrected chi connectivity index (χ4v) is 1.23. The van der Waals surface area contributed by atoms with Crippen LogP contribution in [0, 0.1) is 0 Å². The first-order valence-corrected chi connectivity index (χ1v) is 5.38. The number of aliphatic hydroxyl groups is 1. The van der Waals surface area contributed by atoms with Crippen LogP contribution in [-0.4, -0.2) is 31.0 Å². The molecule has 0 aliphatic heterocycles. The molecular formula is C12H17NO3. The molecule has 0 saturated heterocycles. The number of carbonyl (C=O) groups excluding carboxylic acids is 1. The van der Waals surface area contributed by atoms with Crippen LogP contribution in [0.5, 0.6) is 0 Å². The number of carbonyl (C=O) groups is 1. The van der Waals surface area contributed by atoms with Gasteiger partial charge in [0.15, 0.2) is 0 Å². The molecule has 0 aromatic heterocycles. The second-order valence-corrected chi connectivity index (χ2v) is 3.38. The molecule has 0 fully saturated rings. The molecule has 0 spiro atoms. The Labute approximate surface area is 95.2 Å². The Hall–Kier alpha value is -1.55. The number of benzene rings is 1. The highest BCUT2D eigenvalue weighted by Crippen LogP contribution is 1.98. The van der Waals surface area contributed by atoms with Crippen molar-refractivity contribution in [2.24, 2.45) is 0 Å². The maximum atomic E-state index is 11.1. The zero-order valence-electron chi connectivity index (χ0n) is 9.19.